The minimum Gasteiger partial charge on any atom is -0.397 e. The minimum atomic E-state index is -0.0929. The van der Waals surface area contributed by atoms with Gasteiger partial charge in [-0.3, -0.25) is 4.79 Å². The third kappa shape index (κ3) is 3.22. The van der Waals surface area contributed by atoms with Crippen molar-refractivity contribution in [2.45, 2.75) is 25.9 Å². The fraction of sp³-hybridized carbons (Fsp3) is 0.533. The van der Waals surface area contributed by atoms with Crippen molar-refractivity contribution in [3.8, 4) is 0 Å². The molecule has 1 saturated heterocycles. The van der Waals surface area contributed by atoms with Crippen LogP contribution in [0.4, 0.5) is 11.4 Å². The fourth-order valence-corrected chi connectivity index (χ4v) is 2.63. The topological polar surface area (TPSA) is 67.6 Å². The van der Waals surface area contributed by atoms with Gasteiger partial charge in [0.15, 0.2) is 0 Å². The van der Waals surface area contributed by atoms with Crippen LogP contribution in [0.15, 0.2) is 18.2 Å². The largest absolute Gasteiger partial charge is 0.397 e. The van der Waals surface area contributed by atoms with Crippen LogP contribution in [0, 0.1) is 0 Å². The molecule has 1 fully saturated rings. The highest BCUT2D eigenvalue weighted by Gasteiger charge is 2.22. The van der Waals surface area contributed by atoms with Gasteiger partial charge in [0.25, 0.3) is 5.91 Å². The first-order chi connectivity index (χ1) is 9.65. The van der Waals surface area contributed by atoms with Gasteiger partial charge in [-0.05, 0) is 38.0 Å². The Kier molecular flexibility index (Phi) is 4.84. The first-order valence-electron chi connectivity index (χ1n) is 7.13. The summed E-state index contributed by atoms with van der Waals surface area (Å²) in [4.78, 5) is 13.9. The van der Waals surface area contributed by atoms with Gasteiger partial charge in [0, 0.05) is 32.3 Å². The summed E-state index contributed by atoms with van der Waals surface area (Å²) in [5.74, 6) is -0.0929. The van der Waals surface area contributed by atoms with E-state index in [0.717, 1.165) is 38.2 Å². The molecule has 1 aliphatic rings. The maximum atomic E-state index is 11.7. The monoisotopic (exact) mass is 277 g/mol. The Hall–Kier alpha value is -1.75. The fourth-order valence-electron chi connectivity index (χ4n) is 2.63. The molecule has 0 aromatic heterocycles. The summed E-state index contributed by atoms with van der Waals surface area (Å²) >= 11 is 0. The average Bonchev–Trinajstić information content (AvgIpc) is 2.47. The van der Waals surface area contributed by atoms with Gasteiger partial charge in [-0.2, -0.15) is 0 Å². The average molecular weight is 277 g/mol. The van der Waals surface area contributed by atoms with E-state index in [9.17, 15) is 4.79 Å². The molecule has 0 saturated carbocycles. The van der Waals surface area contributed by atoms with E-state index in [-0.39, 0.29) is 12.0 Å². The molecule has 0 aliphatic carbocycles. The van der Waals surface area contributed by atoms with Crippen molar-refractivity contribution >= 4 is 17.3 Å². The number of benzene rings is 1. The number of ether oxygens (including phenoxy) is 1. The van der Waals surface area contributed by atoms with Crippen molar-refractivity contribution in [3.05, 3.63) is 23.8 Å². The Morgan fingerprint density at radius 3 is 3.05 bits per heavy atom. The summed E-state index contributed by atoms with van der Waals surface area (Å²) in [6.45, 7) is 4.52. The zero-order valence-corrected chi connectivity index (χ0v) is 12.2. The molecule has 0 radical (unpaired) electrons. The number of nitrogen functional groups attached to an aromatic ring is 1. The van der Waals surface area contributed by atoms with E-state index in [0.29, 0.717) is 11.3 Å². The number of anilines is 2. The number of nitrogens with one attached hydrogen (secondary N) is 1. The van der Waals surface area contributed by atoms with Gasteiger partial charge in [0.1, 0.15) is 0 Å². The molecule has 1 aromatic carbocycles. The van der Waals surface area contributed by atoms with E-state index in [2.05, 4.69) is 10.2 Å². The zero-order valence-electron chi connectivity index (χ0n) is 12.2. The lowest BCUT2D eigenvalue weighted by atomic mass is 10.1. The number of nitrogens with zero attached hydrogens (tertiary/aromatic N) is 1. The summed E-state index contributed by atoms with van der Waals surface area (Å²) < 4.78 is 5.71. The van der Waals surface area contributed by atoms with Crippen molar-refractivity contribution in [2.24, 2.45) is 0 Å². The maximum absolute atomic E-state index is 11.7. The van der Waals surface area contributed by atoms with Crippen LogP contribution in [0.3, 0.4) is 0 Å². The third-order valence-electron chi connectivity index (χ3n) is 3.64. The SMILES string of the molecule is CCOC1CCCN(c2cc(C(=O)NC)ccc2N)C1. The molecule has 5 heteroatoms. The second-order valence-corrected chi connectivity index (χ2v) is 5.02. The van der Waals surface area contributed by atoms with Crippen molar-refractivity contribution in [2.75, 3.05) is 37.4 Å². The molecule has 110 valence electrons. The highest BCUT2D eigenvalue weighted by atomic mass is 16.5. The second kappa shape index (κ2) is 6.61. The number of nitrogens with two attached hydrogens (primary N) is 1. The van der Waals surface area contributed by atoms with Crippen LogP contribution in [-0.4, -0.2) is 38.8 Å². The molecule has 1 aliphatic heterocycles. The van der Waals surface area contributed by atoms with E-state index in [1.54, 1.807) is 19.2 Å². The molecule has 0 bridgehead atoms. The lowest BCUT2D eigenvalue weighted by Gasteiger charge is -2.35. The number of rotatable bonds is 4. The maximum Gasteiger partial charge on any atom is 0.251 e. The Morgan fingerprint density at radius 2 is 2.35 bits per heavy atom. The summed E-state index contributed by atoms with van der Waals surface area (Å²) in [6.07, 6.45) is 2.41. The van der Waals surface area contributed by atoms with Crippen LogP contribution in [0.25, 0.3) is 0 Å². The molecule has 1 aromatic rings. The Labute approximate surface area is 120 Å². The van der Waals surface area contributed by atoms with E-state index >= 15 is 0 Å². The van der Waals surface area contributed by atoms with E-state index in [1.165, 1.54) is 0 Å². The predicted molar refractivity (Wildman–Crippen MR) is 81.1 cm³/mol. The number of carbonyl (C=O) groups excluding carboxylic acids is 1. The molecule has 1 amide bonds. The second-order valence-electron chi connectivity index (χ2n) is 5.02. The molecular weight excluding hydrogens is 254 g/mol. The summed E-state index contributed by atoms with van der Waals surface area (Å²) in [7, 11) is 1.63. The number of carbonyl (C=O) groups is 1. The first-order valence-corrected chi connectivity index (χ1v) is 7.13. The molecule has 1 atom stereocenters. The summed E-state index contributed by atoms with van der Waals surface area (Å²) in [5, 5.41) is 2.64. The van der Waals surface area contributed by atoms with Crippen LogP contribution in [0.5, 0.6) is 0 Å². The summed E-state index contributed by atoms with van der Waals surface area (Å²) in [5.41, 5.74) is 8.33. The van der Waals surface area contributed by atoms with Crippen molar-refractivity contribution in [1.29, 1.82) is 0 Å². The van der Waals surface area contributed by atoms with Gasteiger partial charge in [-0.25, -0.2) is 0 Å². The number of hydrogen-bond acceptors (Lipinski definition) is 4. The van der Waals surface area contributed by atoms with Gasteiger partial charge >= 0.3 is 0 Å². The van der Waals surface area contributed by atoms with Gasteiger partial charge < -0.3 is 20.7 Å². The Morgan fingerprint density at radius 1 is 1.55 bits per heavy atom. The molecule has 3 N–H and O–H groups in total. The van der Waals surface area contributed by atoms with Gasteiger partial charge in [-0.1, -0.05) is 0 Å². The van der Waals surface area contributed by atoms with Gasteiger partial charge in [0.2, 0.25) is 0 Å². The third-order valence-corrected chi connectivity index (χ3v) is 3.64. The van der Waals surface area contributed by atoms with Crippen molar-refractivity contribution < 1.29 is 9.53 Å². The van der Waals surface area contributed by atoms with Crippen LogP contribution >= 0.6 is 0 Å². The summed E-state index contributed by atoms with van der Waals surface area (Å²) in [6, 6.07) is 5.41. The van der Waals surface area contributed by atoms with Crippen molar-refractivity contribution in [3.63, 3.8) is 0 Å². The molecule has 0 spiro atoms. The molecule has 2 rings (SSSR count). The van der Waals surface area contributed by atoms with E-state index < -0.39 is 0 Å². The number of piperidine rings is 1. The van der Waals surface area contributed by atoms with Crippen LogP contribution in [-0.2, 0) is 4.74 Å². The first kappa shape index (κ1) is 14.7. The molecule has 5 nitrogen and oxygen atoms in total. The zero-order chi connectivity index (χ0) is 14.5. The standard InChI is InChI=1S/C15H23N3O2/c1-3-20-12-5-4-8-18(10-12)14-9-11(15(19)17-2)6-7-13(14)16/h6-7,9,12H,3-5,8,10,16H2,1-2H3,(H,17,19). The normalized spacial score (nSPS) is 18.9. The quantitative estimate of drug-likeness (QED) is 0.821. The molecule has 1 heterocycles. The van der Waals surface area contributed by atoms with E-state index in [4.69, 9.17) is 10.5 Å². The van der Waals surface area contributed by atoms with Crippen molar-refractivity contribution in [1.82, 2.24) is 5.32 Å². The van der Waals surface area contributed by atoms with E-state index in [1.807, 2.05) is 13.0 Å². The number of hydrogen-bond donors (Lipinski definition) is 2. The smallest absolute Gasteiger partial charge is 0.251 e. The molecule has 1 unspecified atom stereocenters. The Balaban J connectivity index is 2.20. The number of amides is 1. The van der Waals surface area contributed by atoms with Crippen LogP contribution < -0.4 is 16.0 Å². The van der Waals surface area contributed by atoms with Crippen LogP contribution in [0.1, 0.15) is 30.1 Å². The Bertz CT molecular complexity index is 474. The van der Waals surface area contributed by atoms with Crippen LogP contribution in [0.2, 0.25) is 0 Å². The molecule has 20 heavy (non-hydrogen) atoms. The predicted octanol–water partition coefficient (Wildman–Crippen LogP) is 1.63. The molecular formula is C15H23N3O2. The minimum absolute atomic E-state index is 0.0929. The van der Waals surface area contributed by atoms with Gasteiger partial charge in [-0.15, -0.1) is 0 Å². The highest BCUT2D eigenvalue weighted by molar-refractivity contribution is 5.96. The van der Waals surface area contributed by atoms with Gasteiger partial charge in [0.05, 0.1) is 17.5 Å². The highest BCUT2D eigenvalue weighted by Crippen LogP contribution is 2.28. The lowest BCUT2D eigenvalue weighted by Crippen LogP contribution is -2.40. The lowest BCUT2D eigenvalue weighted by molar-refractivity contribution is 0.0527.